The molecule has 0 aromatic carbocycles. The van der Waals surface area contributed by atoms with Gasteiger partial charge < -0.3 is 28.8 Å². The van der Waals surface area contributed by atoms with Gasteiger partial charge in [-0.2, -0.15) is 0 Å². The molecule has 2 bridgehead atoms. The number of aliphatic hydroxyl groups is 1. The quantitative estimate of drug-likeness (QED) is 0.285. The number of cyclic esters (lactones) is 2. The van der Waals surface area contributed by atoms with E-state index in [-0.39, 0.29) is 37.9 Å². The predicted molar refractivity (Wildman–Crippen MR) is 126 cm³/mol. The number of esters is 3. The molecule has 2 spiro atoms. The van der Waals surface area contributed by atoms with Gasteiger partial charge in [-0.15, -0.1) is 0 Å². The minimum Gasteiger partial charge on any atom is -0.463 e. The summed E-state index contributed by atoms with van der Waals surface area (Å²) in [6, 6.07) is 0. The number of Topliss-reactive ketones (excluding diaryl/α,β-unsaturated/α-hetero) is 1. The summed E-state index contributed by atoms with van der Waals surface area (Å²) in [6.07, 6.45) is 4.36. The Morgan fingerprint density at radius 3 is 2.41 bits per heavy atom. The third kappa shape index (κ3) is 3.97. The Kier molecular flexibility index (Phi) is 6.40. The fourth-order valence-corrected chi connectivity index (χ4v) is 6.50. The summed E-state index contributed by atoms with van der Waals surface area (Å²) in [5, 5.41) is 10.6. The lowest BCUT2D eigenvalue weighted by atomic mass is 9.51. The average Bonchev–Trinajstić information content (AvgIpc) is 3.63. The first-order valence-corrected chi connectivity index (χ1v) is 12.6. The molecule has 1 N–H and O–H groups in total. The van der Waals surface area contributed by atoms with Crippen LogP contribution in [0.4, 0.5) is 0 Å². The number of carbonyl (C=O) groups excluding carboxylic acids is 4. The molecule has 0 amide bonds. The van der Waals surface area contributed by atoms with Gasteiger partial charge in [0.15, 0.2) is 11.9 Å². The second-order valence-corrected chi connectivity index (χ2v) is 10.9. The molecule has 8 unspecified atom stereocenters. The number of allylic oxidation sites excluding steroid dienone is 3. The molecule has 1 saturated carbocycles. The lowest BCUT2D eigenvalue weighted by molar-refractivity contribution is -0.233. The molecule has 3 heterocycles. The van der Waals surface area contributed by atoms with E-state index in [0.717, 1.165) is 6.08 Å². The van der Waals surface area contributed by atoms with E-state index in [1.807, 2.05) is 6.92 Å². The van der Waals surface area contributed by atoms with Crippen LogP contribution in [0, 0.1) is 16.7 Å². The lowest BCUT2D eigenvalue weighted by Crippen LogP contribution is -2.67. The summed E-state index contributed by atoms with van der Waals surface area (Å²) in [5.74, 6) is -2.77. The van der Waals surface area contributed by atoms with E-state index >= 15 is 0 Å². The van der Waals surface area contributed by atoms with Gasteiger partial charge >= 0.3 is 17.9 Å². The molecule has 3 aliphatic heterocycles. The van der Waals surface area contributed by atoms with Gasteiger partial charge in [-0.25, -0.2) is 14.4 Å². The van der Waals surface area contributed by atoms with E-state index in [9.17, 15) is 24.3 Å². The van der Waals surface area contributed by atoms with Crippen LogP contribution in [-0.4, -0.2) is 78.6 Å². The van der Waals surface area contributed by atoms with Crippen LogP contribution in [0.5, 0.6) is 0 Å². The maximum atomic E-state index is 13.1. The first-order valence-electron chi connectivity index (χ1n) is 12.6. The largest absolute Gasteiger partial charge is 0.463 e. The fourth-order valence-electron chi connectivity index (χ4n) is 6.50. The summed E-state index contributed by atoms with van der Waals surface area (Å²) in [6.45, 7) is 5.42. The number of rotatable bonds is 0. The number of hydrogen-bond acceptors (Lipinski definition) is 10. The molecule has 5 rings (SSSR count). The van der Waals surface area contributed by atoms with Crippen molar-refractivity contribution in [1.29, 1.82) is 0 Å². The number of aliphatic hydroxyl groups excluding tert-OH is 1. The van der Waals surface area contributed by atoms with Gasteiger partial charge in [-0.05, 0) is 30.9 Å². The highest BCUT2D eigenvalue weighted by atomic mass is 16.6. The van der Waals surface area contributed by atoms with E-state index < -0.39 is 58.6 Å². The number of hydrogen-bond donors (Lipinski definition) is 1. The average molecular weight is 517 g/mol. The standard InChI is InChI=1S/C27H32O10/c1-15-8-9-33-21(29)6-4-5-7-22(30)37-18-11-20-27(14-35-27)25(18,3)26(13-34-24(32)23(15)31)12-17(28)16(2)10-19(26)36-20/h4-7,10,15,18-20,23,31H,8-9,11-14H2,1-3H3/b6-4+,7-5+. The summed E-state index contributed by atoms with van der Waals surface area (Å²) in [4.78, 5) is 50.7. The van der Waals surface area contributed by atoms with Crippen LogP contribution in [0.1, 0.15) is 40.0 Å². The van der Waals surface area contributed by atoms with Gasteiger partial charge in [0.25, 0.3) is 0 Å². The first kappa shape index (κ1) is 25.8. The van der Waals surface area contributed by atoms with E-state index in [2.05, 4.69) is 0 Å². The Bertz CT molecular complexity index is 1100. The molecule has 0 radical (unpaired) electrons. The number of epoxide rings is 1. The van der Waals surface area contributed by atoms with E-state index in [1.54, 1.807) is 19.9 Å². The molecule has 5 aliphatic rings. The zero-order chi connectivity index (χ0) is 26.6. The highest BCUT2D eigenvalue weighted by Crippen LogP contribution is 2.71. The molecule has 2 aliphatic carbocycles. The summed E-state index contributed by atoms with van der Waals surface area (Å²) < 4.78 is 29.2. The Balaban J connectivity index is 1.55. The third-order valence-corrected chi connectivity index (χ3v) is 9.04. The van der Waals surface area contributed by atoms with Gasteiger partial charge in [0.05, 0.1) is 36.3 Å². The molecular formula is C27H32O10. The SMILES string of the molecule is CC1=CC2OC3CC4OC(=O)/C=C/C=C/C(=O)OCCC(C)C(O)C(=O)OCC2(CC1=O)C4(C)C31CO1. The maximum absolute atomic E-state index is 13.1. The fraction of sp³-hybridized carbons (Fsp3) is 0.630. The Morgan fingerprint density at radius 1 is 1.00 bits per heavy atom. The normalized spacial score (nSPS) is 45.9. The van der Waals surface area contributed by atoms with E-state index in [1.165, 1.54) is 18.2 Å². The summed E-state index contributed by atoms with van der Waals surface area (Å²) in [7, 11) is 0. The Morgan fingerprint density at radius 2 is 1.70 bits per heavy atom. The lowest BCUT2D eigenvalue weighted by Gasteiger charge is -2.57. The minimum atomic E-state index is -1.46. The predicted octanol–water partition coefficient (Wildman–Crippen LogP) is 1.35. The Hall–Kier alpha value is -2.82. The highest BCUT2D eigenvalue weighted by molar-refractivity contribution is 5.96. The van der Waals surface area contributed by atoms with Gasteiger partial charge in [0.2, 0.25) is 0 Å². The molecular weight excluding hydrogens is 484 g/mol. The van der Waals surface area contributed by atoms with Crippen molar-refractivity contribution in [3.05, 3.63) is 36.0 Å². The number of carbonyl (C=O) groups is 4. The highest BCUT2D eigenvalue weighted by Gasteiger charge is 2.83. The van der Waals surface area contributed by atoms with Crippen LogP contribution in [-0.2, 0) is 42.9 Å². The summed E-state index contributed by atoms with van der Waals surface area (Å²) in [5.41, 5.74) is -2.24. The van der Waals surface area contributed by atoms with Crippen molar-refractivity contribution in [1.82, 2.24) is 0 Å². The topological polar surface area (TPSA) is 138 Å². The maximum Gasteiger partial charge on any atom is 0.335 e. The van der Waals surface area contributed by atoms with Crippen molar-refractivity contribution in [3.8, 4) is 0 Å². The Labute approximate surface area is 214 Å². The van der Waals surface area contributed by atoms with E-state index in [0.29, 0.717) is 18.6 Å². The van der Waals surface area contributed by atoms with Crippen molar-refractivity contribution in [2.45, 2.75) is 70.1 Å². The molecule has 200 valence electrons. The third-order valence-electron chi connectivity index (χ3n) is 9.04. The van der Waals surface area contributed by atoms with Crippen LogP contribution >= 0.6 is 0 Å². The number of ketones is 1. The minimum absolute atomic E-state index is 0.00976. The van der Waals surface area contributed by atoms with Gasteiger partial charge in [0.1, 0.15) is 18.3 Å². The molecule has 2 saturated heterocycles. The molecule has 8 atom stereocenters. The molecule has 37 heavy (non-hydrogen) atoms. The van der Waals surface area contributed by atoms with Crippen LogP contribution in [0.2, 0.25) is 0 Å². The second kappa shape index (κ2) is 9.18. The molecule has 10 heteroatoms. The first-order chi connectivity index (χ1) is 17.5. The van der Waals surface area contributed by atoms with Crippen LogP contribution in [0.15, 0.2) is 36.0 Å². The van der Waals surface area contributed by atoms with Gasteiger partial charge in [0, 0.05) is 25.0 Å². The van der Waals surface area contributed by atoms with Crippen molar-refractivity contribution in [3.63, 3.8) is 0 Å². The molecule has 3 fully saturated rings. The van der Waals surface area contributed by atoms with Crippen LogP contribution in [0.3, 0.4) is 0 Å². The smallest absolute Gasteiger partial charge is 0.335 e. The summed E-state index contributed by atoms with van der Waals surface area (Å²) >= 11 is 0. The van der Waals surface area contributed by atoms with Crippen molar-refractivity contribution in [2.24, 2.45) is 16.7 Å². The van der Waals surface area contributed by atoms with Crippen molar-refractivity contribution < 1.29 is 48.0 Å². The van der Waals surface area contributed by atoms with Crippen LogP contribution < -0.4 is 0 Å². The van der Waals surface area contributed by atoms with Gasteiger partial charge in [-0.3, -0.25) is 4.79 Å². The zero-order valence-electron chi connectivity index (χ0n) is 21.1. The monoisotopic (exact) mass is 516 g/mol. The second-order valence-electron chi connectivity index (χ2n) is 10.9. The molecule has 0 aromatic rings. The van der Waals surface area contributed by atoms with E-state index in [4.69, 9.17) is 23.7 Å². The van der Waals surface area contributed by atoms with Crippen molar-refractivity contribution in [2.75, 3.05) is 19.8 Å². The van der Waals surface area contributed by atoms with Crippen LogP contribution in [0.25, 0.3) is 0 Å². The zero-order valence-corrected chi connectivity index (χ0v) is 21.1. The van der Waals surface area contributed by atoms with Crippen molar-refractivity contribution >= 4 is 23.7 Å². The molecule has 0 aromatic heterocycles. The number of ether oxygens (including phenoxy) is 5. The van der Waals surface area contributed by atoms with Gasteiger partial charge in [-0.1, -0.05) is 26.0 Å². The molecule has 10 nitrogen and oxygen atoms in total.